The van der Waals surface area contributed by atoms with Gasteiger partial charge < -0.3 is 5.32 Å². The molecule has 1 amide bonds. The minimum absolute atomic E-state index is 0.0296. The Labute approximate surface area is 199 Å². The molecule has 6 nitrogen and oxygen atoms in total. The second kappa shape index (κ2) is 9.33. The van der Waals surface area contributed by atoms with Crippen molar-refractivity contribution in [3.05, 3.63) is 80.5 Å². The highest BCUT2D eigenvalue weighted by atomic mass is 32.2. The number of rotatable bonds is 6. The molecule has 4 aromatic rings. The first-order valence-corrected chi connectivity index (χ1v) is 12.2. The van der Waals surface area contributed by atoms with Gasteiger partial charge in [0.25, 0.3) is 5.56 Å². The lowest BCUT2D eigenvalue weighted by atomic mass is 10.1. The number of carbonyl (C=O) groups excluding carboxylic acids is 2. The van der Waals surface area contributed by atoms with Crippen LogP contribution in [0.2, 0.25) is 0 Å². The van der Waals surface area contributed by atoms with E-state index in [1.54, 1.807) is 28.8 Å². The van der Waals surface area contributed by atoms with E-state index in [0.29, 0.717) is 32.3 Å². The van der Waals surface area contributed by atoms with Crippen LogP contribution in [0.3, 0.4) is 0 Å². The number of ketones is 1. The number of benzene rings is 2. The highest BCUT2D eigenvalue weighted by Gasteiger charge is 2.19. The summed E-state index contributed by atoms with van der Waals surface area (Å²) in [5.41, 5.74) is 3.81. The summed E-state index contributed by atoms with van der Waals surface area (Å²) in [6, 6.07) is 14.4. The number of nitrogens with zero attached hydrogens (tertiary/aromatic N) is 2. The van der Waals surface area contributed by atoms with Gasteiger partial charge in [0, 0.05) is 16.1 Å². The van der Waals surface area contributed by atoms with E-state index in [0.717, 1.165) is 16.0 Å². The number of amides is 1. The number of thiophene rings is 1. The van der Waals surface area contributed by atoms with Crippen LogP contribution < -0.4 is 10.9 Å². The number of nitrogens with one attached hydrogen (secondary N) is 1. The number of hydrogen-bond donors (Lipinski definition) is 1. The average Bonchev–Trinajstić information content (AvgIpc) is 3.07. The summed E-state index contributed by atoms with van der Waals surface area (Å²) in [6.45, 7) is 7.41. The highest BCUT2D eigenvalue weighted by Crippen LogP contribution is 2.29. The fraction of sp³-hybridized carbons (Fsp3) is 0.200. The monoisotopic (exact) mass is 477 g/mol. The lowest BCUT2D eigenvalue weighted by Gasteiger charge is -2.13. The van der Waals surface area contributed by atoms with E-state index in [-0.39, 0.29) is 23.0 Å². The Kier molecular flexibility index (Phi) is 6.49. The SMILES string of the molecule is CC(=O)c1ccc(NC(=O)CSc2nc3sc(C)c(C)c3c(=O)n2-c2ccc(C)cc2)cc1. The topological polar surface area (TPSA) is 81.1 Å². The maximum atomic E-state index is 13.5. The van der Waals surface area contributed by atoms with Gasteiger partial charge in [0.1, 0.15) is 4.83 Å². The Morgan fingerprint density at radius 1 is 1.03 bits per heavy atom. The molecule has 1 N–H and O–H groups in total. The number of aryl methyl sites for hydroxylation is 3. The normalized spacial score (nSPS) is 11.0. The molecule has 0 spiro atoms. The quantitative estimate of drug-likeness (QED) is 0.231. The standard InChI is InChI=1S/C25H23N3O3S2/c1-14-5-11-20(12-6-14)28-24(31)22-15(2)17(4)33-23(22)27-25(28)32-13-21(30)26-19-9-7-18(8-10-19)16(3)29/h5-12H,13H2,1-4H3,(H,26,30). The summed E-state index contributed by atoms with van der Waals surface area (Å²) >= 11 is 2.71. The van der Waals surface area contributed by atoms with Crippen LogP contribution in [-0.2, 0) is 4.79 Å². The van der Waals surface area contributed by atoms with Crippen molar-refractivity contribution in [1.82, 2.24) is 9.55 Å². The molecule has 33 heavy (non-hydrogen) atoms. The molecule has 168 valence electrons. The molecule has 8 heteroatoms. The van der Waals surface area contributed by atoms with Crippen LogP contribution in [0.15, 0.2) is 58.5 Å². The van der Waals surface area contributed by atoms with E-state index < -0.39 is 0 Å². The van der Waals surface area contributed by atoms with Crippen molar-refractivity contribution in [1.29, 1.82) is 0 Å². The predicted molar refractivity (Wildman–Crippen MR) is 135 cm³/mol. The van der Waals surface area contributed by atoms with Crippen molar-refractivity contribution in [3.63, 3.8) is 0 Å². The summed E-state index contributed by atoms with van der Waals surface area (Å²) in [4.78, 5) is 44.0. The zero-order valence-electron chi connectivity index (χ0n) is 18.8. The van der Waals surface area contributed by atoms with E-state index in [4.69, 9.17) is 4.98 Å². The number of carbonyl (C=O) groups is 2. The van der Waals surface area contributed by atoms with E-state index >= 15 is 0 Å². The van der Waals surface area contributed by atoms with Crippen molar-refractivity contribution in [2.45, 2.75) is 32.9 Å². The van der Waals surface area contributed by atoms with E-state index in [9.17, 15) is 14.4 Å². The Morgan fingerprint density at radius 2 is 1.70 bits per heavy atom. The summed E-state index contributed by atoms with van der Waals surface area (Å²) in [5, 5.41) is 3.92. The molecule has 2 aromatic heterocycles. The maximum absolute atomic E-state index is 13.5. The van der Waals surface area contributed by atoms with E-state index in [1.165, 1.54) is 30.0 Å². The zero-order valence-corrected chi connectivity index (χ0v) is 20.4. The average molecular weight is 478 g/mol. The lowest BCUT2D eigenvalue weighted by Crippen LogP contribution is -2.22. The van der Waals surface area contributed by atoms with Crippen LogP contribution in [0.4, 0.5) is 5.69 Å². The third kappa shape index (κ3) is 4.77. The van der Waals surface area contributed by atoms with Gasteiger partial charge >= 0.3 is 0 Å². The molecule has 0 bridgehead atoms. The van der Waals surface area contributed by atoms with Crippen LogP contribution in [0.5, 0.6) is 0 Å². The first-order valence-electron chi connectivity index (χ1n) is 10.4. The van der Waals surface area contributed by atoms with Gasteiger partial charge in [-0.3, -0.25) is 19.0 Å². The molecule has 0 saturated heterocycles. The van der Waals surface area contributed by atoms with Crippen LogP contribution in [0, 0.1) is 20.8 Å². The second-order valence-electron chi connectivity index (χ2n) is 7.80. The molecule has 0 aliphatic carbocycles. The van der Waals surface area contributed by atoms with Crippen molar-refractivity contribution < 1.29 is 9.59 Å². The Morgan fingerprint density at radius 3 is 2.33 bits per heavy atom. The fourth-order valence-electron chi connectivity index (χ4n) is 3.41. The Balaban J connectivity index is 1.64. The van der Waals surface area contributed by atoms with Gasteiger partial charge in [-0.2, -0.15) is 0 Å². The minimum atomic E-state index is -0.223. The molecule has 0 atom stereocenters. The van der Waals surface area contributed by atoms with Crippen molar-refractivity contribution >= 4 is 50.7 Å². The number of hydrogen-bond acceptors (Lipinski definition) is 6. The molecule has 4 rings (SSSR count). The first kappa shape index (κ1) is 22.9. The van der Waals surface area contributed by atoms with Gasteiger partial charge in [0.2, 0.25) is 5.91 Å². The third-order valence-corrected chi connectivity index (χ3v) is 7.41. The van der Waals surface area contributed by atoms with Crippen molar-refractivity contribution in [2.75, 3.05) is 11.1 Å². The number of aromatic nitrogens is 2. The summed E-state index contributed by atoms with van der Waals surface area (Å²) < 4.78 is 1.58. The van der Waals surface area contributed by atoms with E-state index in [2.05, 4.69) is 5.32 Å². The minimum Gasteiger partial charge on any atom is -0.325 e. The molecule has 2 aromatic carbocycles. The van der Waals surface area contributed by atoms with Gasteiger partial charge in [-0.15, -0.1) is 11.3 Å². The number of thioether (sulfide) groups is 1. The molecule has 0 saturated carbocycles. The number of fused-ring (bicyclic) bond motifs is 1. The van der Waals surface area contributed by atoms with Crippen LogP contribution in [-0.4, -0.2) is 27.0 Å². The second-order valence-corrected chi connectivity index (χ2v) is 9.95. The van der Waals surface area contributed by atoms with Gasteiger partial charge in [-0.1, -0.05) is 29.5 Å². The fourth-order valence-corrected chi connectivity index (χ4v) is 5.29. The molecule has 0 aliphatic rings. The zero-order chi connectivity index (χ0) is 23.7. The van der Waals surface area contributed by atoms with E-state index in [1.807, 2.05) is 45.0 Å². The summed E-state index contributed by atoms with van der Waals surface area (Å²) in [5.74, 6) is -0.168. The number of Topliss-reactive ketones (excluding diaryl/α,β-unsaturated/α-hetero) is 1. The third-order valence-electron chi connectivity index (χ3n) is 5.37. The summed E-state index contributed by atoms with van der Waals surface area (Å²) in [6.07, 6.45) is 0. The van der Waals surface area contributed by atoms with Crippen molar-refractivity contribution in [3.8, 4) is 5.69 Å². The maximum Gasteiger partial charge on any atom is 0.267 e. The summed E-state index contributed by atoms with van der Waals surface area (Å²) in [7, 11) is 0. The smallest absolute Gasteiger partial charge is 0.267 e. The van der Waals surface area contributed by atoms with Crippen molar-refractivity contribution in [2.24, 2.45) is 0 Å². The van der Waals surface area contributed by atoms with Gasteiger partial charge in [0.05, 0.1) is 16.8 Å². The van der Waals surface area contributed by atoms with Crippen LogP contribution in [0.1, 0.15) is 33.3 Å². The van der Waals surface area contributed by atoms with Crippen LogP contribution in [0.25, 0.3) is 15.9 Å². The van der Waals surface area contributed by atoms with Crippen LogP contribution >= 0.6 is 23.1 Å². The molecule has 0 aliphatic heterocycles. The molecule has 2 heterocycles. The number of anilines is 1. The molecule has 0 unspecified atom stereocenters. The molecule has 0 radical (unpaired) electrons. The Hall–Kier alpha value is -3.23. The lowest BCUT2D eigenvalue weighted by molar-refractivity contribution is -0.113. The first-order chi connectivity index (χ1) is 15.7. The highest BCUT2D eigenvalue weighted by molar-refractivity contribution is 7.99. The largest absolute Gasteiger partial charge is 0.325 e. The van der Waals surface area contributed by atoms with Gasteiger partial charge in [-0.05, 0) is 69.7 Å². The predicted octanol–water partition coefficient (Wildman–Crippen LogP) is 5.31. The molecular weight excluding hydrogens is 454 g/mol. The Bertz CT molecular complexity index is 1420. The molecular formula is C25H23N3O3S2. The van der Waals surface area contributed by atoms with Gasteiger partial charge in [-0.25, -0.2) is 4.98 Å². The molecule has 0 fully saturated rings. The van der Waals surface area contributed by atoms with Gasteiger partial charge in [0.15, 0.2) is 10.9 Å².